The number of aliphatic hydroxyl groups excluding tert-OH is 1. The summed E-state index contributed by atoms with van der Waals surface area (Å²) in [5.74, 6) is -5.56. The van der Waals surface area contributed by atoms with Crippen LogP contribution in [0.5, 0.6) is 11.5 Å². The van der Waals surface area contributed by atoms with Crippen LogP contribution in [-0.4, -0.2) is 98.0 Å². The van der Waals surface area contributed by atoms with Crippen LogP contribution in [0.4, 0.5) is 0 Å². The highest BCUT2D eigenvalue weighted by molar-refractivity contribution is 6.05. The summed E-state index contributed by atoms with van der Waals surface area (Å²) >= 11 is 0. The number of carbonyl (C=O) groups is 5. The van der Waals surface area contributed by atoms with E-state index in [0.717, 1.165) is 20.8 Å². The molecule has 238 valence electrons. The third-order valence-electron chi connectivity index (χ3n) is 7.59. The number of ketones is 4. The largest absolute Gasteiger partial charge is 0.482 e. The molecule has 1 unspecified atom stereocenters. The van der Waals surface area contributed by atoms with Crippen LogP contribution in [0.2, 0.25) is 0 Å². The molecule has 1 aliphatic rings. The Hall–Kier alpha value is -4.01. The first-order valence-corrected chi connectivity index (χ1v) is 13.7. The van der Waals surface area contributed by atoms with E-state index in [1.807, 2.05) is 0 Å². The first kappa shape index (κ1) is 34.5. The molecular formula is C31H36O13. The molecule has 0 saturated carbocycles. The number of benzene rings is 2. The van der Waals surface area contributed by atoms with Gasteiger partial charge in [-0.25, -0.2) is 4.79 Å². The molecule has 0 spiro atoms. The van der Waals surface area contributed by atoms with E-state index < -0.39 is 64.4 Å². The molecular weight excluding hydrogens is 580 g/mol. The van der Waals surface area contributed by atoms with Crippen LogP contribution in [-0.2, 0) is 33.4 Å². The van der Waals surface area contributed by atoms with Crippen molar-refractivity contribution in [3.63, 3.8) is 0 Å². The molecule has 1 heterocycles. The van der Waals surface area contributed by atoms with Crippen molar-refractivity contribution in [2.24, 2.45) is 0 Å². The Labute approximate surface area is 253 Å². The molecule has 0 amide bonds. The highest BCUT2D eigenvalue weighted by Crippen LogP contribution is 2.48. The van der Waals surface area contributed by atoms with E-state index in [-0.39, 0.29) is 24.7 Å². The molecule has 13 heteroatoms. The minimum Gasteiger partial charge on any atom is -0.482 e. The summed E-state index contributed by atoms with van der Waals surface area (Å²) in [5, 5.41) is 45.8. The number of ether oxygens (including phenoxy) is 4. The zero-order chi connectivity index (χ0) is 33.2. The summed E-state index contributed by atoms with van der Waals surface area (Å²) in [6, 6.07) is 11.2. The number of Topliss-reactive ketones (excluding diaryl/α,β-unsaturated/α-hetero) is 4. The fraction of sp³-hybridized carbons (Fsp3) is 0.452. The van der Waals surface area contributed by atoms with E-state index in [1.54, 1.807) is 50.2 Å². The number of aryl methyl sites for hydroxylation is 1. The minimum atomic E-state index is -3.65. The summed E-state index contributed by atoms with van der Waals surface area (Å²) in [7, 11) is 0. The van der Waals surface area contributed by atoms with Crippen molar-refractivity contribution in [2.75, 3.05) is 13.2 Å². The van der Waals surface area contributed by atoms with Crippen LogP contribution < -0.4 is 9.47 Å². The van der Waals surface area contributed by atoms with E-state index in [1.165, 1.54) is 6.07 Å². The fourth-order valence-electron chi connectivity index (χ4n) is 5.22. The first-order valence-electron chi connectivity index (χ1n) is 13.7. The summed E-state index contributed by atoms with van der Waals surface area (Å²) < 4.78 is 22.0. The molecule has 0 radical (unpaired) electrons. The Kier molecular flexibility index (Phi) is 10.1. The molecule has 44 heavy (non-hydrogen) atoms. The third kappa shape index (κ3) is 5.76. The van der Waals surface area contributed by atoms with Crippen molar-refractivity contribution in [1.82, 2.24) is 0 Å². The van der Waals surface area contributed by atoms with Crippen LogP contribution in [0.25, 0.3) is 11.1 Å². The smallest absolute Gasteiger partial charge is 0.344 e. The maximum absolute atomic E-state index is 13.1. The monoisotopic (exact) mass is 616 g/mol. The zero-order valence-corrected chi connectivity index (χ0v) is 25.2. The van der Waals surface area contributed by atoms with E-state index in [2.05, 4.69) is 0 Å². The Bertz CT molecular complexity index is 1470. The van der Waals surface area contributed by atoms with E-state index in [4.69, 9.17) is 18.9 Å². The van der Waals surface area contributed by atoms with Crippen LogP contribution in [0.3, 0.4) is 0 Å². The molecule has 1 aliphatic heterocycles. The summed E-state index contributed by atoms with van der Waals surface area (Å²) in [5.41, 5.74) is -9.17. The number of rotatable bonds is 12. The molecule has 2 aromatic carbocycles. The molecule has 4 N–H and O–H groups in total. The molecule has 6 atom stereocenters. The molecule has 1 saturated heterocycles. The predicted octanol–water partition coefficient (Wildman–Crippen LogP) is 0.618. The van der Waals surface area contributed by atoms with Crippen molar-refractivity contribution in [3.8, 4) is 22.6 Å². The Morgan fingerprint density at radius 2 is 1.55 bits per heavy atom. The average Bonchev–Trinajstić information content (AvgIpc) is 2.95. The van der Waals surface area contributed by atoms with Gasteiger partial charge in [0, 0.05) is 5.56 Å². The maximum Gasteiger partial charge on any atom is 0.344 e. The molecule has 13 nitrogen and oxygen atoms in total. The summed E-state index contributed by atoms with van der Waals surface area (Å²) in [6.45, 7) is 6.28. The van der Waals surface area contributed by atoms with Crippen LogP contribution in [0, 0.1) is 6.92 Å². The lowest BCUT2D eigenvalue weighted by atomic mass is 9.60. The molecule has 3 rings (SSSR count). The van der Waals surface area contributed by atoms with Gasteiger partial charge in [-0.2, -0.15) is 0 Å². The van der Waals surface area contributed by atoms with Crippen molar-refractivity contribution >= 4 is 29.1 Å². The number of aliphatic hydroxyl groups is 4. The van der Waals surface area contributed by atoms with Gasteiger partial charge in [0.05, 0.1) is 6.61 Å². The van der Waals surface area contributed by atoms with Gasteiger partial charge in [-0.1, -0.05) is 24.3 Å². The van der Waals surface area contributed by atoms with Gasteiger partial charge in [0.25, 0.3) is 0 Å². The second-order valence-electron chi connectivity index (χ2n) is 10.6. The van der Waals surface area contributed by atoms with Gasteiger partial charge in [-0.15, -0.1) is 0 Å². The number of carbonyl (C=O) groups excluding carboxylic acids is 5. The second kappa shape index (κ2) is 12.9. The molecule has 2 aromatic rings. The lowest BCUT2D eigenvalue weighted by Crippen LogP contribution is -2.87. The normalized spacial score (nSPS) is 27.1. The Morgan fingerprint density at radius 1 is 0.909 bits per heavy atom. The van der Waals surface area contributed by atoms with Crippen molar-refractivity contribution in [2.45, 2.75) is 76.8 Å². The van der Waals surface area contributed by atoms with E-state index >= 15 is 0 Å². The van der Waals surface area contributed by atoms with Crippen LogP contribution in [0.15, 0.2) is 42.5 Å². The SMILES string of the molecule is CCOC(=O)COc1cccc(-c2ccc(C)cc2O[C@H]2O[C@H](C(O)C(C)=O)[C@](O)(C(C)=O)[C@@](O)(C(C)=O)[C@@]2(O)C(C)=O)c1. The van der Waals surface area contributed by atoms with E-state index in [9.17, 15) is 44.4 Å². The lowest BCUT2D eigenvalue weighted by Gasteiger charge is -2.57. The predicted molar refractivity (Wildman–Crippen MR) is 152 cm³/mol. The number of hydrogen-bond acceptors (Lipinski definition) is 13. The van der Waals surface area contributed by atoms with Crippen molar-refractivity contribution in [1.29, 1.82) is 0 Å². The van der Waals surface area contributed by atoms with Gasteiger partial charge in [-0.05, 0) is 70.9 Å². The van der Waals surface area contributed by atoms with Gasteiger partial charge in [0.2, 0.25) is 17.5 Å². The van der Waals surface area contributed by atoms with Gasteiger partial charge < -0.3 is 39.4 Å². The second-order valence-corrected chi connectivity index (χ2v) is 10.6. The molecule has 0 aliphatic carbocycles. The van der Waals surface area contributed by atoms with Crippen LogP contribution in [0.1, 0.15) is 40.2 Å². The standard InChI is InChI=1S/C31H36O13/c1-7-41-25(36)15-42-22-10-8-9-21(14-22)23-12-11-16(2)13-24(23)43-28-30(39,19(5)34)31(40,20(6)35)29(38,18(4)33)27(44-28)26(37)17(3)32/h8-14,26-28,37-40H,7,15H2,1-6H3/t26?,27-,28+,29-,30-,31+/m1/s1. The van der Waals surface area contributed by atoms with Crippen molar-refractivity contribution in [3.05, 3.63) is 48.0 Å². The highest BCUT2D eigenvalue weighted by atomic mass is 16.7. The summed E-state index contributed by atoms with van der Waals surface area (Å²) in [6.07, 6.45) is -7.01. The topological polar surface area (TPSA) is 203 Å². The van der Waals surface area contributed by atoms with Crippen molar-refractivity contribution < 1.29 is 63.3 Å². The minimum absolute atomic E-state index is 0.0764. The zero-order valence-electron chi connectivity index (χ0n) is 25.2. The molecule has 1 fully saturated rings. The lowest BCUT2D eigenvalue weighted by molar-refractivity contribution is -0.358. The van der Waals surface area contributed by atoms with E-state index in [0.29, 0.717) is 23.6 Å². The Morgan fingerprint density at radius 3 is 2.09 bits per heavy atom. The van der Waals surface area contributed by atoms with Gasteiger partial charge in [-0.3, -0.25) is 19.2 Å². The van der Waals surface area contributed by atoms with Gasteiger partial charge in [0.1, 0.15) is 23.7 Å². The molecule has 0 aromatic heterocycles. The fourth-order valence-corrected chi connectivity index (χ4v) is 5.22. The maximum atomic E-state index is 13.1. The quantitative estimate of drug-likeness (QED) is 0.242. The van der Waals surface area contributed by atoms with Gasteiger partial charge in [0.15, 0.2) is 35.3 Å². The van der Waals surface area contributed by atoms with Crippen LogP contribution >= 0.6 is 0 Å². The number of esters is 1. The number of hydrogen-bond donors (Lipinski definition) is 4. The first-order chi connectivity index (χ1) is 20.5. The third-order valence-corrected chi connectivity index (χ3v) is 7.59. The Balaban J connectivity index is 2.20. The summed E-state index contributed by atoms with van der Waals surface area (Å²) in [4.78, 5) is 62.9. The molecule has 0 bridgehead atoms. The van der Waals surface area contributed by atoms with Gasteiger partial charge >= 0.3 is 5.97 Å². The highest BCUT2D eigenvalue weighted by Gasteiger charge is 2.80. The average molecular weight is 617 g/mol.